The van der Waals surface area contributed by atoms with Crippen molar-refractivity contribution < 1.29 is 9.84 Å². The average Bonchev–Trinajstić information content (AvgIpc) is 2.96. The minimum Gasteiger partial charge on any atom is -0.493 e. The summed E-state index contributed by atoms with van der Waals surface area (Å²) in [5, 5.41) is 14.2. The number of aromatic nitrogens is 2. The van der Waals surface area contributed by atoms with E-state index in [1.165, 1.54) is 18.4 Å². The lowest BCUT2D eigenvalue weighted by molar-refractivity contribution is 0.282. The van der Waals surface area contributed by atoms with Crippen LogP contribution < -0.4 is 4.74 Å². The first-order chi connectivity index (χ1) is 8.38. The highest BCUT2D eigenvalue weighted by atomic mass is 16.5. The topological polar surface area (TPSA) is 46.8 Å². The van der Waals surface area contributed by atoms with Gasteiger partial charge in [0.05, 0.1) is 24.4 Å². The number of nitrogens with zero attached hydrogens (tertiary/aromatic N) is 2. The molecule has 0 aromatic carbocycles. The van der Waals surface area contributed by atoms with Crippen molar-refractivity contribution in [3.05, 3.63) is 29.1 Å². The molecule has 4 nitrogen and oxygen atoms in total. The van der Waals surface area contributed by atoms with Crippen LogP contribution in [0.4, 0.5) is 0 Å². The summed E-state index contributed by atoms with van der Waals surface area (Å²) in [6.07, 6.45) is 5.26. The smallest absolute Gasteiger partial charge is 0.126 e. The second-order valence-corrected chi connectivity index (χ2v) is 4.85. The second kappa shape index (κ2) is 3.23. The quantitative estimate of drug-likeness (QED) is 0.853. The molecule has 4 heteroatoms. The average molecular weight is 230 g/mol. The predicted molar refractivity (Wildman–Crippen MR) is 62.3 cm³/mol. The zero-order chi connectivity index (χ0) is 11.4. The van der Waals surface area contributed by atoms with Gasteiger partial charge in [0, 0.05) is 29.7 Å². The first kappa shape index (κ1) is 9.48. The monoisotopic (exact) mass is 230 g/mol. The van der Waals surface area contributed by atoms with Gasteiger partial charge in [0.15, 0.2) is 0 Å². The minimum atomic E-state index is 0.0752. The number of hydrogen-bond acceptors (Lipinski definition) is 3. The number of aliphatic hydroxyl groups excluding tert-OH is 1. The molecule has 17 heavy (non-hydrogen) atoms. The maximum Gasteiger partial charge on any atom is 0.126 e. The van der Waals surface area contributed by atoms with E-state index in [0.717, 1.165) is 35.6 Å². The normalized spacial score (nSPS) is 18.4. The molecule has 88 valence electrons. The highest BCUT2D eigenvalue weighted by Crippen LogP contribution is 2.43. The SMILES string of the molecule is OCc1c(C2CC2)nn2ccc3c(c12)CCO3. The van der Waals surface area contributed by atoms with E-state index in [1.807, 2.05) is 16.8 Å². The number of pyridine rings is 1. The molecular weight excluding hydrogens is 216 g/mol. The summed E-state index contributed by atoms with van der Waals surface area (Å²) < 4.78 is 7.48. The van der Waals surface area contributed by atoms with Crippen molar-refractivity contribution >= 4 is 5.52 Å². The van der Waals surface area contributed by atoms with Gasteiger partial charge >= 0.3 is 0 Å². The maximum absolute atomic E-state index is 9.62. The number of hydrogen-bond donors (Lipinski definition) is 1. The van der Waals surface area contributed by atoms with Gasteiger partial charge in [-0.15, -0.1) is 0 Å². The van der Waals surface area contributed by atoms with Crippen LogP contribution in [0, 0.1) is 0 Å². The van der Waals surface area contributed by atoms with Crippen molar-refractivity contribution in [1.82, 2.24) is 9.61 Å². The van der Waals surface area contributed by atoms with Crippen LogP contribution in [0.5, 0.6) is 5.75 Å². The van der Waals surface area contributed by atoms with E-state index in [1.54, 1.807) is 0 Å². The van der Waals surface area contributed by atoms with Crippen molar-refractivity contribution in [1.29, 1.82) is 0 Å². The molecule has 2 aromatic rings. The van der Waals surface area contributed by atoms with Crippen LogP contribution in [0.2, 0.25) is 0 Å². The van der Waals surface area contributed by atoms with Crippen LogP contribution in [-0.4, -0.2) is 21.3 Å². The van der Waals surface area contributed by atoms with E-state index in [0.29, 0.717) is 5.92 Å². The fourth-order valence-corrected chi connectivity index (χ4v) is 2.75. The summed E-state index contributed by atoms with van der Waals surface area (Å²) in [6.45, 7) is 0.815. The van der Waals surface area contributed by atoms with Gasteiger partial charge in [-0.25, -0.2) is 4.52 Å². The molecule has 4 rings (SSSR count). The van der Waals surface area contributed by atoms with Gasteiger partial charge in [-0.05, 0) is 18.9 Å². The first-order valence-electron chi connectivity index (χ1n) is 6.15. The van der Waals surface area contributed by atoms with Gasteiger partial charge in [0.25, 0.3) is 0 Å². The molecule has 1 aliphatic heterocycles. The molecule has 0 amide bonds. The van der Waals surface area contributed by atoms with Crippen molar-refractivity contribution in [3.63, 3.8) is 0 Å². The first-order valence-corrected chi connectivity index (χ1v) is 6.15. The zero-order valence-corrected chi connectivity index (χ0v) is 9.52. The fraction of sp³-hybridized carbons (Fsp3) is 0.462. The molecule has 1 fully saturated rings. The van der Waals surface area contributed by atoms with Crippen LogP contribution in [0.25, 0.3) is 5.52 Å². The lowest BCUT2D eigenvalue weighted by Gasteiger charge is -2.02. The summed E-state index contributed by atoms with van der Waals surface area (Å²) >= 11 is 0. The highest BCUT2D eigenvalue weighted by molar-refractivity contribution is 5.68. The Morgan fingerprint density at radius 1 is 1.47 bits per heavy atom. The van der Waals surface area contributed by atoms with E-state index in [4.69, 9.17) is 4.74 Å². The van der Waals surface area contributed by atoms with Gasteiger partial charge in [0.2, 0.25) is 0 Å². The number of fused-ring (bicyclic) bond motifs is 3. The third-order valence-corrected chi connectivity index (χ3v) is 3.72. The summed E-state index contributed by atoms with van der Waals surface area (Å²) in [4.78, 5) is 0. The van der Waals surface area contributed by atoms with Crippen molar-refractivity contribution in [2.75, 3.05) is 6.61 Å². The van der Waals surface area contributed by atoms with Crippen LogP contribution >= 0.6 is 0 Å². The Balaban J connectivity index is 2.05. The van der Waals surface area contributed by atoms with E-state index >= 15 is 0 Å². The number of ether oxygens (including phenoxy) is 1. The van der Waals surface area contributed by atoms with Crippen molar-refractivity contribution in [3.8, 4) is 5.75 Å². The predicted octanol–water partition coefficient (Wildman–Crippen LogP) is 1.64. The Hall–Kier alpha value is -1.55. The third kappa shape index (κ3) is 1.24. The Bertz CT molecular complexity index is 599. The van der Waals surface area contributed by atoms with Crippen molar-refractivity contribution in [2.45, 2.75) is 31.8 Å². The molecule has 1 aliphatic carbocycles. The minimum absolute atomic E-state index is 0.0752. The number of rotatable bonds is 2. The molecule has 1 saturated carbocycles. The van der Waals surface area contributed by atoms with Crippen molar-refractivity contribution in [2.24, 2.45) is 0 Å². The van der Waals surface area contributed by atoms with Gasteiger partial charge in [-0.3, -0.25) is 0 Å². The van der Waals surface area contributed by atoms with Crippen LogP contribution in [0.1, 0.15) is 35.6 Å². The molecule has 1 N–H and O–H groups in total. The molecule has 0 radical (unpaired) electrons. The van der Waals surface area contributed by atoms with E-state index in [-0.39, 0.29) is 6.61 Å². The Morgan fingerprint density at radius 2 is 2.35 bits per heavy atom. The molecule has 0 saturated heterocycles. The van der Waals surface area contributed by atoms with Crippen LogP contribution in [0.3, 0.4) is 0 Å². The molecule has 0 unspecified atom stereocenters. The van der Waals surface area contributed by atoms with Gasteiger partial charge in [0.1, 0.15) is 5.75 Å². The standard InChI is InChI=1S/C13H14N2O2/c16-7-10-12(8-1-2-8)14-15-5-3-11-9(13(10)15)4-6-17-11/h3,5,8,16H,1-2,4,6-7H2. The molecule has 0 bridgehead atoms. The van der Waals surface area contributed by atoms with Gasteiger partial charge in [-0.2, -0.15) is 5.10 Å². The summed E-state index contributed by atoms with van der Waals surface area (Å²) in [7, 11) is 0. The Labute approximate surface area is 98.8 Å². The Morgan fingerprint density at radius 3 is 3.12 bits per heavy atom. The van der Waals surface area contributed by atoms with Gasteiger partial charge in [-0.1, -0.05) is 0 Å². The zero-order valence-electron chi connectivity index (χ0n) is 9.52. The molecule has 0 spiro atoms. The van der Waals surface area contributed by atoms with Crippen LogP contribution in [0.15, 0.2) is 12.3 Å². The van der Waals surface area contributed by atoms with E-state index in [9.17, 15) is 5.11 Å². The Kier molecular flexibility index (Phi) is 1.80. The third-order valence-electron chi connectivity index (χ3n) is 3.72. The summed E-state index contributed by atoms with van der Waals surface area (Å²) in [5.74, 6) is 1.52. The molecule has 3 heterocycles. The second-order valence-electron chi connectivity index (χ2n) is 4.85. The van der Waals surface area contributed by atoms with E-state index < -0.39 is 0 Å². The molecule has 2 aliphatic rings. The largest absolute Gasteiger partial charge is 0.493 e. The van der Waals surface area contributed by atoms with Gasteiger partial charge < -0.3 is 9.84 Å². The fourth-order valence-electron chi connectivity index (χ4n) is 2.75. The molecular formula is C13H14N2O2. The summed E-state index contributed by atoms with van der Waals surface area (Å²) in [6, 6.07) is 1.97. The molecule has 0 atom stereocenters. The van der Waals surface area contributed by atoms with Crippen LogP contribution in [-0.2, 0) is 13.0 Å². The lowest BCUT2D eigenvalue weighted by atomic mass is 10.1. The maximum atomic E-state index is 9.62. The lowest BCUT2D eigenvalue weighted by Crippen LogP contribution is -1.92. The summed E-state index contributed by atoms with van der Waals surface area (Å²) in [5.41, 5.74) is 4.38. The number of aliphatic hydroxyl groups is 1. The van der Waals surface area contributed by atoms with E-state index in [2.05, 4.69) is 5.10 Å². The molecule has 2 aromatic heterocycles. The highest BCUT2D eigenvalue weighted by Gasteiger charge is 2.31.